The number of para-hydroxylation sites is 3. The third-order valence-electron chi connectivity index (χ3n) is 3.30. The monoisotopic (exact) mass is 282 g/mol. The molecule has 0 radical (unpaired) electrons. The summed E-state index contributed by atoms with van der Waals surface area (Å²) in [7, 11) is 1.59. The van der Waals surface area contributed by atoms with Gasteiger partial charge in [-0.1, -0.05) is 24.3 Å². The molecule has 0 fully saturated rings. The number of hydrogen-bond acceptors (Lipinski definition) is 3. The molecule has 0 aliphatic heterocycles. The predicted octanol–water partition coefficient (Wildman–Crippen LogP) is 2.80. The van der Waals surface area contributed by atoms with Crippen molar-refractivity contribution in [2.45, 2.75) is 6.54 Å². The van der Waals surface area contributed by atoms with E-state index in [1.54, 1.807) is 11.7 Å². The molecule has 0 spiro atoms. The van der Waals surface area contributed by atoms with Crippen LogP contribution in [0.15, 0.2) is 48.5 Å². The Bertz CT molecular complexity index is 808. The van der Waals surface area contributed by atoms with Crippen LogP contribution in [-0.2, 0) is 11.3 Å². The molecular weight excluding hydrogens is 268 g/mol. The molecule has 5 heteroatoms. The van der Waals surface area contributed by atoms with Gasteiger partial charge in [-0.2, -0.15) is 0 Å². The minimum atomic E-state index is -0.908. The lowest BCUT2D eigenvalue weighted by Crippen LogP contribution is -2.10. The third-order valence-corrected chi connectivity index (χ3v) is 3.30. The Hall–Kier alpha value is -2.82. The fraction of sp³-hybridized carbons (Fsp3) is 0.125. The zero-order valence-electron chi connectivity index (χ0n) is 11.5. The van der Waals surface area contributed by atoms with Gasteiger partial charge < -0.3 is 14.4 Å². The first kappa shape index (κ1) is 13.2. The summed E-state index contributed by atoms with van der Waals surface area (Å²) in [6, 6.07) is 14.9. The normalized spacial score (nSPS) is 10.7. The molecule has 0 atom stereocenters. The van der Waals surface area contributed by atoms with Crippen molar-refractivity contribution in [3.05, 3.63) is 48.5 Å². The van der Waals surface area contributed by atoms with Gasteiger partial charge in [-0.15, -0.1) is 0 Å². The number of carbonyl (C=O) groups is 1. The Morgan fingerprint density at radius 3 is 2.67 bits per heavy atom. The van der Waals surface area contributed by atoms with Crippen LogP contribution in [-0.4, -0.2) is 27.7 Å². The SMILES string of the molecule is COc1ccccc1-c1nc2ccccc2n1CC(=O)O. The molecule has 0 aliphatic carbocycles. The van der Waals surface area contributed by atoms with E-state index in [1.165, 1.54) is 0 Å². The van der Waals surface area contributed by atoms with Crippen molar-refractivity contribution < 1.29 is 14.6 Å². The van der Waals surface area contributed by atoms with E-state index >= 15 is 0 Å². The summed E-state index contributed by atoms with van der Waals surface area (Å²) in [5.41, 5.74) is 2.33. The standard InChI is InChI=1S/C16H14N2O3/c1-21-14-9-5-2-6-11(14)16-17-12-7-3-4-8-13(12)18(16)10-15(19)20/h2-9H,10H2,1H3,(H,19,20). The summed E-state index contributed by atoms with van der Waals surface area (Å²) in [6.45, 7) is -0.145. The number of rotatable bonds is 4. The van der Waals surface area contributed by atoms with E-state index < -0.39 is 5.97 Å². The smallest absolute Gasteiger partial charge is 0.323 e. The minimum Gasteiger partial charge on any atom is -0.496 e. The fourth-order valence-corrected chi connectivity index (χ4v) is 2.41. The van der Waals surface area contributed by atoms with E-state index in [-0.39, 0.29) is 6.54 Å². The van der Waals surface area contributed by atoms with Crippen LogP contribution in [0.2, 0.25) is 0 Å². The van der Waals surface area contributed by atoms with Crippen molar-refractivity contribution in [3.8, 4) is 17.1 Å². The lowest BCUT2D eigenvalue weighted by molar-refractivity contribution is -0.137. The van der Waals surface area contributed by atoms with Crippen molar-refractivity contribution in [3.63, 3.8) is 0 Å². The second kappa shape index (κ2) is 5.28. The van der Waals surface area contributed by atoms with Gasteiger partial charge in [0.25, 0.3) is 0 Å². The van der Waals surface area contributed by atoms with Gasteiger partial charge >= 0.3 is 5.97 Å². The van der Waals surface area contributed by atoms with Crippen molar-refractivity contribution >= 4 is 17.0 Å². The van der Waals surface area contributed by atoms with Crippen molar-refractivity contribution in [2.75, 3.05) is 7.11 Å². The summed E-state index contributed by atoms with van der Waals surface area (Å²) in [6.07, 6.45) is 0. The van der Waals surface area contributed by atoms with Gasteiger partial charge in [0.1, 0.15) is 18.1 Å². The lowest BCUT2D eigenvalue weighted by Gasteiger charge is -2.10. The van der Waals surface area contributed by atoms with E-state index in [2.05, 4.69) is 4.98 Å². The van der Waals surface area contributed by atoms with Crippen LogP contribution in [0.25, 0.3) is 22.4 Å². The molecule has 0 bridgehead atoms. The largest absolute Gasteiger partial charge is 0.496 e. The number of imidazole rings is 1. The molecule has 1 aromatic heterocycles. The van der Waals surface area contributed by atoms with Gasteiger partial charge in [0.05, 0.1) is 23.7 Å². The maximum atomic E-state index is 11.2. The molecule has 5 nitrogen and oxygen atoms in total. The van der Waals surface area contributed by atoms with Crippen LogP contribution in [0.5, 0.6) is 5.75 Å². The van der Waals surface area contributed by atoms with Gasteiger partial charge in [-0.3, -0.25) is 4.79 Å². The molecular formula is C16H14N2O3. The lowest BCUT2D eigenvalue weighted by atomic mass is 10.2. The van der Waals surface area contributed by atoms with Gasteiger partial charge in [-0.05, 0) is 24.3 Å². The highest BCUT2D eigenvalue weighted by Gasteiger charge is 2.17. The van der Waals surface area contributed by atoms with Crippen LogP contribution in [0.4, 0.5) is 0 Å². The topological polar surface area (TPSA) is 64.4 Å². The second-order valence-electron chi connectivity index (χ2n) is 4.60. The maximum absolute atomic E-state index is 11.2. The van der Waals surface area contributed by atoms with E-state index in [0.29, 0.717) is 11.6 Å². The highest BCUT2D eigenvalue weighted by atomic mass is 16.5. The Kier molecular flexibility index (Phi) is 3.31. The van der Waals surface area contributed by atoms with Crippen molar-refractivity contribution in [2.24, 2.45) is 0 Å². The molecule has 0 aliphatic rings. The molecule has 3 aromatic rings. The molecule has 0 unspecified atom stereocenters. The summed E-state index contributed by atoms with van der Waals surface area (Å²) in [5, 5.41) is 9.16. The average Bonchev–Trinajstić information content (AvgIpc) is 2.85. The van der Waals surface area contributed by atoms with Crippen LogP contribution in [0, 0.1) is 0 Å². The fourth-order valence-electron chi connectivity index (χ4n) is 2.41. The van der Waals surface area contributed by atoms with E-state index in [0.717, 1.165) is 16.6 Å². The number of fused-ring (bicyclic) bond motifs is 1. The van der Waals surface area contributed by atoms with Crippen LogP contribution >= 0.6 is 0 Å². The molecule has 21 heavy (non-hydrogen) atoms. The Balaban J connectivity index is 2.28. The molecule has 3 rings (SSSR count). The highest BCUT2D eigenvalue weighted by Crippen LogP contribution is 2.31. The van der Waals surface area contributed by atoms with Gasteiger partial charge in [0.2, 0.25) is 0 Å². The zero-order chi connectivity index (χ0) is 14.8. The van der Waals surface area contributed by atoms with Gasteiger partial charge in [0, 0.05) is 0 Å². The molecule has 2 aromatic carbocycles. The first-order valence-corrected chi connectivity index (χ1v) is 6.51. The highest BCUT2D eigenvalue weighted by molar-refractivity contribution is 5.83. The number of ether oxygens (including phenoxy) is 1. The Labute approximate surface area is 121 Å². The predicted molar refractivity (Wildman–Crippen MR) is 79.4 cm³/mol. The summed E-state index contributed by atoms with van der Waals surface area (Å²) in [4.78, 5) is 15.7. The number of benzene rings is 2. The van der Waals surface area contributed by atoms with Crippen molar-refractivity contribution in [1.82, 2.24) is 9.55 Å². The molecule has 106 valence electrons. The number of aromatic nitrogens is 2. The van der Waals surface area contributed by atoms with Gasteiger partial charge in [0.15, 0.2) is 0 Å². The number of carboxylic acid groups (broad SMARTS) is 1. The van der Waals surface area contributed by atoms with E-state index in [9.17, 15) is 4.79 Å². The van der Waals surface area contributed by atoms with Crippen molar-refractivity contribution in [1.29, 1.82) is 0 Å². The second-order valence-corrected chi connectivity index (χ2v) is 4.60. The summed E-state index contributed by atoms with van der Waals surface area (Å²) >= 11 is 0. The Morgan fingerprint density at radius 2 is 1.90 bits per heavy atom. The maximum Gasteiger partial charge on any atom is 0.323 e. The van der Waals surface area contributed by atoms with Crippen LogP contribution in [0.3, 0.4) is 0 Å². The molecule has 0 saturated carbocycles. The Morgan fingerprint density at radius 1 is 1.19 bits per heavy atom. The first-order chi connectivity index (χ1) is 10.2. The summed E-state index contributed by atoms with van der Waals surface area (Å²) in [5.74, 6) is 0.352. The van der Waals surface area contributed by atoms with E-state index in [4.69, 9.17) is 9.84 Å². The number of aliphatic carboxylic acids is 1. The number of methoxy groups -OCH3 is 1. The first-order valence-electron chi connectivity index (χ1n) is 6.51. The van der Waals surface area contributed by atoms with E-state index in [1.807, 2.05) is 48.5 Å². The molecule has 0 saturated heterocycles. The third kappa shape index (κ3) is 2.33. The zero-order valence-corrected chi connectivity index (χ0v) is 11.5. The number of nitrogens with zero attached hydrogens (tertiary/aromatic N) is 2. The number of hydrogen-bond donors (Lipinski definition) is 1. The molecule has 1 heterocycles. The van der Waals surface area contributed by atoms with Crippen LogP contribution in [0.1, 0.15) is 0 Å². The molecule has 1 N–H and O–H groups in total. The number of carboxylic acids is 1. The van der Waals surface area contributed by atoms with Crippen LogP contribution < -0.4 is 4.74 Å². The molecule has 0 amide bonds. The average molecular weight is 282 g/mol. The van der Waals surface area contributed by atoms with Gasteiger partial charge in [-0.25, -0.2) is 4.98 Å². The summed E-state index contributed by atoms with van der Waals surface area (Å²) < 4.78 is 7.04. The minimum absolute atomic E-state index is 0.145. The quantitative estimate of drug-likeness (QED) is 0.799.